The van der Waals surface area contributed by atoms with E-state index in [1.165, 1.54) is 24.9 Å². The van der Waals surface area contributed by atoms with E-state index in [-0.39, 0.29) is 24.4 Å². The Kier molecular flexibility index (Phi) is 9.83. The van der Waals surface area contributed by atoms with Crippen LogP contribution in [-0.2, 0) is 20.8 Å². The van der Waals surface area contributed by atoms with Gasteiger partial charge in [-0.3, -0.25) is 9.69 Å². The number of fused-ring (bicyclic) bond motifs is 1. The van der Waals surface area contributed by atoms with Gasteiger partial charge in [-0.15, -0.1) is 11.3 Å². The van der Waals surface area contributed by atoms with Crippen LogP contribution >= 0.6 is 11.3 Å². The molecule has 0 saturated heterocycles. The van der Waals surface area contributed by atoms with Gasteiger partial charge >= 0.3 is 5.97 Å². The van der Waals surface area contributed by atoms with Gasteiger partial charge in [0.05, 0.1) is 36.8 Å². The molecule has 2 N–H and O–H groups in total. The Hall–Kier alpha value is -1.85. The molecule has 1 aliphatic rings. The number of carbonyl (C=O) groups excluding carboxylic acids is 1. The molecule has 1 saturated carbocycles. The van der Waals surface area contributed by atoms with Gasteiger partial charge in [-0.25, -0.2) is 9.78 Å². The number of hydrogen-bond donors (Lipinski definition) is 2. The normalized spacial score (nSPS) is 16.2. The van der Waals surface area contributed by atoms with E-state index in [4.69, 9.17) is 19.2 Å². The van der Waals surface area contributed by atoms with Gasteiger partial charge in [0.2, 0.25) is 0 Å². The maximum absolute atomic E-state index is 13.0. The van der Waals surface area contributed by atoms with Crippen molar-refractivity contribution in [3.8, 4) is 0 Å². The second kappa shape index (κ2) is 12.4. The Balaban J connectivity index is 1.81. The van der Waals surface area contributed by atoms with E-state index in [1.807, 2.05) is 20.8 Å². The van der Waals surface area contributed by atoms with Gasteiger partial charge in [-0.1, -0.05) is 19.3 Å². The third kappa shape index (κ3) is 7.82. The van der Waals surface area contributed by atoms with Crippen LogP contribution < -0.4 is 5.56 Å². The van der Waals surface area contributed by atoms with Crippen LogP contribution in [0.2, 0.25) is 0 Å². The molecule has 35 heavy (non-hydrogen) atoms. The molecule has 9 nitrogen and oxygen atoms in total. The van der Waals surface area contributed by atoms with E-state index in [2.05, 4.69) is 9.88 Å². The largest absolute Gasteiger partial charge is 0.459 e. The van der Waals surface area contributed by atoms with Crippen LogP contribution in [0.25, 0.3) is 10.2 Å². The summed E-state index contributed by atoms with van der Waals surface area (Å²) in [7, 11) is 1.54. The van der Waals surface area contributed by atoms with E-state index < -0.39 is 12.1 Å². The quantitative estimate of drug-likeness (QED) is 0.350. The maximum atomic E-state index is 13.0. The Labute approximate surface area is 210 Å². The number of thiophene rings is 1. The average Bonchev–Trinajstić information content (AvgIpc) is 3.14. The van der Waals surface area contributed by atoms with Gasteiger partial charge in [0.25, 0.3) is 5.56 Å². The lowest BCUT2D eigenvalue weighted by molar-refractivity contribution is -0.0610. The van der Waals surface area contributed by atoms with Gasteiger partial charge in [0.1, 0.15) is 22.1 Å². The molecule has 196 valence electrons. The van der Waals surface area contributed by atoms with Crippen molar-refractivity contribution >= 4 is 27.5 Å². The highest BCUT2D eigenvalue weighted by Crippen LogP contribution is 2.29. The zero-order chi connectivity index (χ0) is 25.6. The summed E-state index contributed by atoms with van der Waals surface area (Å²) in [4.78, 5) is 36.2. The number of methoxy groups -OCH3 is 1. The Morgan fingerprint density at radius 3 is 2.63 bits per heavy atom. The number of aromatic nitrogens is 2. The number of rotatable bonds is 11. The first kappa shape index (κ1) is 27.7. The molecule has 0 radical (unpaired) electrons. The molecular weight excluding hydrogens is 470 g/mol. The summed E-state index contributed by atoms with van der Waals surface area (Å²) in [5.74, 6) is 0.0480. The number of nitrogens with one attached hydrogen (secondary N) is 1. The number of carbonyl (C=O) groups is 1. The van der Waals surface area contributed by atoms with Crippen molar-refractivity contribution in [2.24, 2.45) is 0 Å². The molecule has 3 rings (SSSR count). The molecule has 1 unspecified atom stereocenters. The van der Waals surface area contributed by atoms with E-state index in [9.17, 15) is 14.7 Å². The lowest BCUT2D eigenvalue weighted by atomic mass is 9.94. The summed E-state index contributed by atoms with van der Waals surface area (Å²) >= 11 is 1.17. The molecule has 0 spiro atoms. The number of nitrogens with zero attached hydrogens (tertiary/aromatic N) is 2. The first-order valence-corrected chi connectivity index (χ1v) is 13.1. The van der Waals surface area contributed by atoms with E-state index in [1.54, 1.807) is 6.92 Å². The van der Waals surface area contributed by atoms with E-state index in [0.717, 1.165) is 25.7 Å². The highest BCUT2D eigenvalue weighted by molar-refractivity contribution is 7.20. The zero-order valence-electron chi connectivity index (χ0n) is 21.5. The predicted molar refractivity (Wildman–Crippen MR) is 136 cm³/mol. The van der Waals surface area contributed by atoms with Crippen LogP contribution in [0.15, 0.2) is 4.79 Å². The van der Waals surface area contributed by atoms with Crippen LogP contribution in [0.1, 0.15) is 73.9 Å². The Bertz CT molecular complexity index is 1040. The molecule has 1 fully saturated rings. The molecule has 10 heteroatoms. The third-order valence-electron chi connectivity index (χ3n) is 6.15. The van der Waals surface area contributed by atoms with Gasteiger partial charge in [0.15, 0.2) is 0 Å². The number of ether oxygens (including phenoxy) is 3. The van der Waals surface area contributed by atoms with Gasteiger partial charge < -0.3 is 24.3 Å². The van der Waals surface area contributed by atoms with Crippen LogP contribution in [-0.4, -0.2) is 77.2 Å². The minimum absolute atomic E-state index is 0.148. The summed E-state index contributed by atoms with van der Waals surface area (Å²) in [6.45, 7) is 9.18. The number of aryl methyl sites for hydroxylation is 1. The molecule has 0 aromatic carbocycles. The molecule has 2 aromatic heterocycles. The van der Waals surface area contributed by atoms with Gasteiger partial charge in [-0.05, 0) is 46.1 Å². The number of aliphatic hydroxyl groups excluding tert-OH is 1. The summed E-state index contributed by atoms with van der Waals surface area (Å²) in [6, 6.07) is 0.311. The van der Waals surface area contributed by atoms with Gasteiger partial charge in [-0.2, -0.15) is 0 Å². The van der Waals surface area contributed by atoms with Crippen LogP contribution in [0.3, 0.4) is 0 Å². The Morgan fingerprint density at radius 2 is 1.97 bits per heavy atom. The number of hydrogen-bond acceptors (Lipinski definition) is 9. The molecule has 0 aliphatic heterocycles. The smallest absolute Gasteiger partial charge is 0.348 e. The number of esters is 1. The predicted octanol–water partition coefficient (Wildman–Crippen LogP) is 3.41. The van der Waals surface area contributed by atoms with E-state index in [0.29, 0.717) is 52.2 Å². The van der Waals surface area contributed by atoms with Crippen LogP contribution in [0, 0.1) is 6.92 Å². The molecule has 1 aliphatic carbocycles. The highest BCUT2D eigenvalue weighted by atomic mass is 32.1. The van der Waals surface area contributed by atoms with Crippen molar-refractivity contribution in [2.45, 2.75) is 84.1 Å². The zero-order valence-corrected chi connectivity index (χ0v) is 22.3. The minimum atomic E-state index is -0.649. The molecule has 0 amide bonds. The SMILES string of the molecule is COCCOC(=O)c1sc2nc(CN(CC(O)COC(C)(C)C)C3CCCCC3)[nH]c(=O)c2c1C. The first-order valence-electron chi connectivity index (χ1n) is 12.3. The third-order valence-corrected chi connectivity index (χ3v) is 7.32. The number of aliphatic hydroxyl groups is 1. The van der Waals surface area contributed by atoms with Crippen molar-refractivity contribution in [3.63, 3.8) is 0 Å². The lowest BCUT2D eigenvalue weighted by Crippen LogP contribution is -2.43. The monoisotopic (exact) mass is 509 g/mol. The average molecular weight is 510 g/mol. The second-order valence-electron chi connectivity index (χ2n) is 10.2. The number of aromatic amines is 1. The summed E-state index contributed by atoms with van der Waals surface area (Å²) in [5.41, 5.74) is -0.0185. The molecule has 1 atom stereocenters. The Morgan fingerprint density at radius 1 is 1.26 bits per heavy atom. The van der Waals surface area contributed by atoms with Crippen molar-refractivity contribution in [3.05, 3.63) is 26.6 Å². The molecule has 0 bridgehead atoms. The van der Waals surface area contributed by atoms with Crippen molar-refractivity contribution < 1.29 is 24.1 Å². The number of H-pyrrole nitrogens is 1. The lowest BCUT2D eigenvalue weighted by Gasteiger charge is -2.35. The van der Waals surface area contributed by atoms with Crippen LogP contribution in [0.5, 0.6) is 0 Å². The standard InChI is InChI=1S/C25H39N3O6S/c1-16-20-22(30)26-19(27-23(20)35-21(16)24(31)33-12-11-32-5)14-28(17-9-7-6-8-10-17)13-18(29)15-34-25(2,3)4/h17-18,29H,6-15H2,1-5H3,(H,26,27,30). The fourth-order valence-corrected chi connectivity index (χ4v) is 5.49. The topological polar surface area (TPSA) is 114 Å². The highest BCUT2D eigenvalue weighted by Gasteiger charge is 2.26. The van der Waals surface area contributed by atoms with Crippen molar-refractivity contribution in [2.75, 3.05) is 33.5 Å². The van der Waals surface area contributed by atoms with E-state index >= 15 is 0 Å². The summed E-state index contributed by atoms with van der Waals surface area (Å²) in [6.07, 6.45) is 4.97. The fraction of sp³-hybridized carbons (Fsp3) is 0.720. The van der Waals surface area contributed by atoms with Crippen molar-refractivity contribution in [1.82, 2.24) is 14.9 Å². The first-order chi connectivity index (χ1) is 16.6. The summed E-state index contributed by atoms with van der Waals surface area (Å²) in [5, 5.41) is 11.1. The molecule has 2 heterocycles. The maximum Gasteiger partial charge on any atom is 0.348 e. The van der Waals surface area contributed by atoms with Crippen LogP contribution in [0.4, 0.5) is 0 Å². The second-order valence-corrected chi connectivity index (χ2v) is 11.2. The fourth-order valence-electron chi connectivity index (χ4n) is 4.39. The molecular formula is C25H39N3O6S. The minimum Gasteiger partial charge on any atom is -0.459 e. The summed E-state index contributed by atoms with van der Waals surface area (Å²) < 4.78 is 15.9. The van der Waals surface area contributed by atoms with Crippen molar-refractivity contribution in [1.29, 1.82) is 0 Å². The van der Waals surface area contributed by atoms with Gasteiger partial charge in [0, 0.05) is 19.7 Å². The molecule has 2 aromatic rings.